The van der Waals surface area contributed by atoms with Crippen molar-refractivity contribution in [2.75, 3.05) is 11.1 Å². The van der Waals surface area contributed by atoms with Crippen LogP contribution in [0, 0.1) is 13.8 Å². The van der Waals surface area contributed by atoms with Gasteiger partial charge in [0.15, 0.2) is 0 Å². The van der Waals surface area contributed by atoms with Crippen LogP contribution in [-0.2, 0) is 0 Å². The average Bonchev–Trinajstić information content (AvgIpc) is 2.66. The number of carbonyl (C=O) groups is 2. The Labute approximate surface area is 172 Å². The van der Waals surface area contributed by atoms with Crippen LogP contribution in [0.25, 0.3) is 0 Å². The molecule has 0 bridgehead atoms. The first-order valence-corrected chi connectivity index (χ1v) is 9.53. The lowest BCUT2D eigenvalue weighted by atomic mass is 9.95. The van der Waals surface area contributed by atoms with Crippen molar-refractivity contribution in [2.24, 2.45) is 0 Å². The third kappa shape index (κ3) is 5.26. The van der Waals surface area contributed by atoms with Crippen LogP contribution in [0.4, 0.5) is 11.4 Å². The minimum Gasteiger partial charge on any atom is -0.399 e. The van der Waals surface area contributed by atoms with E-state index >= 15 is 0 Å². The first-order chi connectivity index (χ1) is 12.9. The fraction of sp³-hybridized carbons (Fsp3) is 0.364. The summed E-state index contributed by atoms with van der Waals surface area (Å²) in [5, 5.41) is 6.04. The van der Waals surface area contributed by atoms with Crippen LogP contribution in [0.15, 0.2) is 36.4 Å². The third-order valence-corrected chi connectivity index (χ3v) is 5.18. The van der Waals surface area contributed by atoms with E-state index in [4.69, 9.17) is 5.73 Å². The molecule has 2 aromatic rings. The molecule has 150 valence electrons. The van der Waals surface area contributed by atoms with Crippen LogP contribution < -0.4 is 16.4 Å². The van der Waals surface area contributed by atoms with Crippen molar-refractivity contribution in [3.05, 3.63) is 58.7 Å². The Balaban J connectivity index is 0.00000280. The molecular formula is C22H28ClN3O2. The summed E-state index contributed by atoms with van der Waals surface area (Å²) in [6, 6.07) is 10.9. The van der Waals surface area contributed by atoms with E-state index in [0.717, 1.165) is 24.0 Å². The van der Waals surface area contributed by atoms with Gasteiger partial charge in [0, 0.05) is 28.5 Å². The molecular weight excluding hydrogens is 374 g/mol. The molecule has 1 saturated carbocycles. The van der Waals surface area contributed by atoms with Gasteiger partial charge >= 0.3 is 0 Å². The second-order valence-corrected chi connectivity index (χ2v) is 7.37. The molecule has 0 heterocycles. The Bertz CT molecular complexity index is 861. The standard InChI is InChI=1S/C22H27N3O2.ClH/c1-14-8-10-17(23)13-19(14)22(27)25-20-11-9-16(12-15(20)2)21(26)24-18-6-4-3-5-7-18;/h8-13,18H,3-7,23H2,1-2H3,(H,24,26)(H,25,27);1H. The lowest BCUT2D eigenvalue weighted by molar-refractivity contribution is 0.0927. The fourth-order valence-corrected chi connectivity index (χ4v) is 3.53. The molecule has 0 radical (unpaired) electrons. The molecule has 5 nitrogen and oxygen atoms in total. The number of carbonyl (C=O) groups excluding carboxylic acids is 2. The van der Waals surface area contributed by atoms with E-state index in [1.807, 2.05) is 26.0 Å². The van der Waals surface area contributed by atoms with E-state index in [1.165, 1.54) is 19.3 Å². The van der Waals surface area contributed by atoms with Crippen LogP contribution in [0.5, 0.6) is 0 Å². The van der Waals surface area contributed by atoms with Gasteiger partial charge in [-0.2, -0.15) is 0 Å². The molecule has 3 rings (SSSR count). The molecule has 28 heavy (non-hydrogen) atoms. The fourth-order valence-electron chi connectivity index (χ4n) is 3.53. The van der Waals surface area contributed by atoms with Gasteiger partial charge in [0.05, 0.1) is 0 Å². The predicted molar refractivity (Wildman–Crippen MR) is 116 cm³/mol. The number of hydrogen-bond donors (Lipinski definition) is 3. The second-order valence-electron chi connectivity index (χ2n) is 7.37. The number of benzene rings is 2. The number of nitrogens with one attached hydrogen (secondary N) is 2. The lowest BCUT2D eigenvalue weighted by Crippen LogP contribution is -2.36. The number of rotatable bonds is 4. The molecule has 0 aliphatic heterocycles. The topological polar surface area (TPSA) is 84.2 Å². The zero-order chi connectivity index (χ0) is 19.4. The molecule has 1 aliphatic carbocycles. The smallest absolute Gasteiger partial charge is 0.256 e. The minimum absolute atomic E-state index is 0. The normalized spacial score (nSPS) is 14.1. The third-order valence-electron chi connectivity index (χ3n) is 5.18. The van der Waals surface area contributed by atoms with Crippen molar-refractivity contribution in [2.45, 2.75) is 52.0 Å². The summed E-state index contributed by atoms with van der Waals surface area (Å²) in [4.78, 5) is 25.1. The molecule has 1 aliphatic rings. The van der Waals surface area contributed by atoms with Crippen LogP contribution in [0.2, 0.25) is 0 Å². The van der Waals surface area contributed by atoms with Gasteiger partial charge in [-0.3, -0.25) is 9.59 Å². The van der Waals surface area contributed by atoms with Crippen molar-refractivity contribution in [1.29, 1.82) is 0 Å². The monoisotopic (exact) mass is 401 g/mol. The summed E-state index contributed by atoms with van der Waals surface area (Å²) in [6.45, 7) is 3.76. The number of hydrogen-bond acceptors (Lipinski definition) is 3. The Morgan fingerprint density at radius 3 is 2.32 bits per heavy atom. The van der Waals surface area contributed by atoms with Gasteiger partial charge in [-0.15, -0.1) is 12.4 Å². The molecule has 0 unspecified atom stereocenters. The maximum atomic E-state index is 12.6. The number of nitrogen functional groups attached to an aromatic ring is 1. The highest BCUT2D eigenvalue weighted by Crippen LogP contribution is 2.21. The van der Waals surface area contributed by atoms with Gasteiger partial charge in [0.2, 0.25) is 0 Å². The summed E-state index contributed by atoms with van der Waals surface area (Å²) >= 11 is 0. The molecule has 1 fully saturated rings. The summed E-state index contributed by atoms with van der Waals surface area (Å²) < 4.78 is 0. The van der Waals surface area contributed by atoms with E-state index in [1.54, 1.807) is 24.3 Å². The van der Waals surface area contributed by atoms with E-state index in [0.29, 0.717) is 22.5 Å². The van der Waals surface area contributed by atoms with E-state index in [2.05, 4.69) is 10.6 Å². The van der Waals surface area contributed by atoms with Crippen molar-refractivity contribution in [3.8, 4) is 0 Å². The minimum atomic E-state index is -0.206. The number of halogens is 1. The van der Waals surface area contributed by atoms with Crippen LogP contribution in [0.3, 0.4) is 0 Å². The highest BCUT2D eigenvalue weighted by molar-refractivity contribution is 6.06. The van der Waals surface area contributed by atoms with E-state index < -0.39 is 0 Å². The zero-order valence-electron chi connectivity index (χ0n) is 16.4. The van der Waals surface area contributed by atoms with Gasteiger partial charge in [0.1, 0.15) is 0 Å². The highest BCUT2D eigenvalue weighted by atomic mass is 35.5. The van der Waals surface area contributed by atoms with Gasteiger partial charge in [0.25, 0.3) is 11.8 Å². The van der Waals surface area contributed by atoms with Crippen LogP contribution in [0.1, 0.15) is 63.9 Å². The summed E-state index contributed by atoms with van der Waals surface area (Å²) in [6.07, 6.45) is 5.72. The van der Waals surface area contributed by atoms with Gasteiger partial charge in [-0.05, 0) is 68.1 Å². The Kier molecular flexibility index (Phi) is 7.46. The number of amides is 2. The molecule has 0 spiro atoms. The van der Waals surface area contributed by atoms with Gasteiger partial charge in [-0.1, -0.05) is 25.3 Å². The van der Waals surface area contributed by atoms with Crippen molar-refractivity contribution in [3.63, 3.8) is 0 Å². The Hall–Kier alpha value is -2.53. The molecule has 2 aromatic carbocycles. The molecule has 0 saturated heterocycles. The van der Waals surface area contributed by atoms with Gasteiger partial charge in [-0.25, -0.2) is 0 Å². The summed E-state index contributed by atoms with van der Waals surface area (Å²) in [5.74, 6) is -0.253. The van der Waals surface area contributed by atoms with Crippen LogP contribution >= 0.6 is 12.4 Å². The Morgan fingerprint density at radius 1 is 0.929 bits per heavy atom. The lowest BCUT2D eigenvalue weighted by Gasteiger charge is -2.23. The van der Waals surface area contributed by atoms with Crippen molar-refractivity contribution in [1.82, 2.24) is 5.32 Å². The average molecular weight is 402 g/mol. The number of anilines is 2. The SMILES string of the molecule is Cc1cc(C(=O)NC2CCCCC2)ccc1NC(=O)c1cc(N)ccc1C.Cl. The molecule has 6 heteroatoms. The Morgan fingerprint density at radius 2 is 1.64 bits per heavy atom. The second kappa shape index (κ2) is 9.60. The maximum Gasteiger partial charge on any atom is 0.256 e. The molecule has 0 aromatic heterocycles. The van der Waals surface area contributed by atoms with E-state index in [-0.39, 0.29) is 30.3 Å². The number of nitrogens with two attached hydrogens (primary N) is 1. The first-order valence-electron chi connectivity index (χ1n) is 9.53. The number of aryl methyl sites for hydroxylation is 2. The zero-order valence-corrected chi connectivity index (χ0v) is 17.2. The van der Waals surface area contributed by atoms with E-state index in [9.17, 15) is 9.59 Å². The summed E-state index contributed by atoms with van der Waals surface area (Å²) in [7, 11) is 0. The maximum absolute atomic E-state index is 12.6. The van der Waals surface area contributed by atoms with Crippen molar-refractivity contribution < 1.29 is 9.59 Å². The highest BCUT2D eigenvalue weighted by Gasteiger charge is 2.17. The molecule has 2 amide bonds. The predicted octanol–water partition coefficient (Wildman–Crippen LogP) is 4.62. The van der Waals surface area contributed by atoms with Gasteiger partial charge < -0.3 is 16.4 Å². The van der Waals surface area contributed by atoms with Crippen molar-refractivity contribution >= 4 is 35.6 Å². The largest absolute Gasteiger partial charge is 0.399 e. The quantitative estimate of drug-likeness (QED) is 0.653. The van der Waals surface area contributed by atoms with Crippen LogP contribution in [-0.4, -0.2) is 17.9 Å². The molecule has 4 N–H and O–H groups in total. The summed E-state index contributed by atoms with van der Waals surface area (Å²) in [5.41, 5.74) is 9.92. The molecule has 0 atom stereocenters. The first kappa shape index (κ1) is 21.8.